The second kappa shape index (κ2) is 9.16. The summed E-state index contributed by atoms with van der Waals surface area (Å²) < 4.78 is 49.2. The first-order valence-electron chi connectivity index (χ1n) is 11.5. The second-order valence-corrected chi connectivity index (χ2v) is 8.57. The predicted octanol–water partition coefficient (Wildman–Crippen LogP) is 4.64. The van der Waals surface area contributed by atoms with Crippen molar-refractivity contribution in [1.29, 1.82) is 0 Å². The van der Waals surface area contributed by atoms with Gasteiger partial charge in [0.2, 0.25) is 11.6 Å². The minimum Gasteiger partial charge on any atom is -0.473 e. The van der Waals surface area contributed by atoms with E-state index in [4.69, 9.17) is 9.84 Å². The molecule has 12 heteroatoms. The van der Waals surface area contributed by atoms with Crippen molar-refractivity contribution >= 4 is 16.7 Å². The number of rotatable bonds is 6. The summed E-state index contributed by atoms with van der Waals surface area (Å²) in [6.07, 6.45) is 5.30. The van der Waals surface area contributed by atoms with Gasteiger partial charge in [-0.05, 0) is 32.6 Å². The fourth-order valence-corrected chi connectivity index (χ4v) is 4.52. The molecule has 0 aromatic carbocycles. The molecule has 1 aliphatic carbocycles. The van der Waals surface area contributed by atoms with E-state index in [-0.39, 0.29) is 12.1 Å². The van der Waals surface area contributed by atoms with E-state index in [1.165, 1.54) is 6.20 Å². The molecule has 0 aliphatic heterocycles. The van der Waals surface area contributed by atoms with Crippen LogP contribution in [0.2, 0.25) is 0 Å². The molecule has 0 bridgehead atoms. The van der Waals surface area contributed by atoms with Crippen LogP contribution in [0.5, 0.6) is 5.88 Å². The summed E-state index contributed by atoms with van der Waals surface area (Å²) in [4.78, 5) is 11.7. The normalized spacial score (nSPS) is 18.7. The zero-order valence-electron chi connectivity index (χ0n) is 19.3. The number of nitrogens with zero attached hydrogens (tertiary/aromatic N) is 7. The maximum atomic E-state index is 13.3. The highest BCUT2D eigenvalue weighted by molar-refractivity contribution is 5.93. The Morgan fingerprint density at radius 1 is 1.09 bits per heavy atom. The number of aromatic nitrogens is 7. The summed E-state index contributed by atoms with van der Waals surface area (Å²) in [6.45, 7) is 2.75. The van der Waals surface area contributed by atoms with Crippen molar-refractivity contribution in [1.82, 2.24) is 34.5 Å². The highest BCUT2D eigenvalue weighted by Crippen LogP contribution is 2.38. The van der Waals surface area contributed by atoms with Gasteiger partial charge in [-0.2, -0.15) is 23.4 Å². The van der Waals surface area contributed by atoms with Crippen LogP contribution in [-0.4, -0.2) is 47.2 Å². The van der Waals surface area contributed by atoms with E-state index < -0.39 is 17.8 Å². The van der Waals surface area contributed by atoms with E-state index >= 15 is 0 Å². The predicted molar refractivity (Wildman–Crippen MR) is 123 cm³/mol. The molecule has 1 N–H and O–H groups in total. The van der Waals surface area contributed by atoms with Crippen molar-refractivity contribution in [2.75, 3.05) is 11.9 Å². The molecule has 184 valence electrons. The first-order chi connectivity index (χ1) is 16.8. The van der Waals surface area contributed by atoms with Crippen molar-refractivity contribution in [3.63, 3.8) is 0 Å². The van der Waals surface area contributed by atoms with Crippen molar-refractivity contribution in [3.05, 3.63) is 42.7 Å². The topological polar surface area (TPSA) is 95.6 Å². The molecule has 1 aliphatic rings. The Bertz CT molecular complexity index is 1320. The Kier molecular flexibility index (Phi) is 6.03. The largest absolute Gasteiger partial charge is 0.473 e. The Morgan fingerprint density at radius 3 is 2.54 bits per heavy atom. The van der Waals surface area contributed by atoms with Crippen LogP contribution in [0.25, 0.3) is 22.2 Å². The van der Waals surface area contributed by atoms with Gasteiger partial charge in [0, 0.05) is 55.4 Å². The van der Waals surface area contributed by atoms with E-state index in [0.29, 0.717) is 25.7 Å². The van der Waals surface area contributed by atoms with Crippen LogP contribution in [0.1, 0.15) is 44.3 Å². The van der Waals surface area contributed by atoms with E-state index in [1.807, 2.05) is 37.1 Å². The minimum atomic E-state index is -4.62. The van der Waals surface area contributed by atoms with Crippen LogP contribution in [0.4, 0.5) is 19.0 Å². The number of hydrogen-bond acceptors (Lipinski definition) is 7. The number of alkyl halides is 3. The van der Waals surface area contributed by atoms with Crippen LogP contribution >= 0.6 is 0 Å². The molecule has 0 saturated heterocycles. The first kappa shape index (κ1) is 23.1. The zero-order valence-corrected chi connectivity index (χ0v) is 19.3. The highest BCUT2D eigenvalue weighted by Gasteiger charge is 2.38. The lowest BCUT2D eigenvalue weighted by Gasteiger charge is -2.29. The summed E-state index contributed by atoms with van der Waals surface area (Å²) >= 11 is 0. The molecule has 0 radical (unpaired) electrons. The van der Waals surface area contributed by atoms with Gasteiger partial charge in [0.15, 0.2) is 0 Å². The zero-order chi connectivity index (χ0) is 24.6. The van der Waals surface area contributed by atoms with Crippen LogP contribution in [0.3, 0.4) is 0 Å². The number of halogens is 3. The summed E-state index contributed by atoms with van der Waals surface area (Å²) in [5.41, 5.74) is 1.56. The van der Waals surface area contributed by atoms with Gasteiger partial charge in [0.25, 0.3) is 0 Å². The molecule has 0 spiro atoms. The third-order valence-electron chi connectivity index (χ3n) is 6.13. The van der Waals surface area contributed by atoms with Crippen LogP contribution in [0.15, 0.2) is 37.1 Å². The van der Waals surface area contributed by atoms with Gasteiger partial charge in [-0.15, -0.1) is 0 Å². The monoisotopic (exact) mass is 486 g/mol. The Labute approximate surface area is 199 Å². The molecule has 35 heavy (non-hydrogen) atoms. The number of aryl methyl sites for hydroxylation is 1. The lowest BCUT2D eigenvalue weighted by atomic mass is 9.93. The lowest BCUT2D eigenvalue weighted by Crippen LogP contribution is -2.27. The number of anilines is 1. The Hall–Kier alpha value is -3.70. The SMILES string of the molecule is CCNc1cc2c(cn1)c(-c1cnn(C)c1)nn2[C@H]1CC[C@@H](Oc2nccnc2C(F)(F)F)CC1. The molecule has 1 fully saturated rings. The van der Waals surface area contributed by atoms with Gasteiger partial charge in [0.05, 0.1) is 17.8 Å². The molecule has 4 aromatic heterocycles. The number of hydrogen-bond donors (Lipinski definition) is 1. The summed E-state index contributed by atoms with van der Waals surface area (Å²) in [6, 6.07) is 2.06. The van der Waals surface area contributed by atoms with Gasteiger partial charge in [0.1, 0.15) is 17.6 Å². The average Bonchev–Trinajstić information content (AvgIpc) is 3.43. The molecule has 4 heterocycles. The molecule has 1 saturated carbocycles. The molecule has 0 unspecified atom stereocenters. The quantitative estimate of drug-likeness (QED) is 0.424. The molecule has 4 aromatic rings. The van der Waals surface area contributed by atoms with Gasteiger partial charge >= 0.3 is 6.18 Å². The maximum Gasteiger partial charge on any atom is 0.438 e. The fourth-order valence-electron chi connectivity index (χ4n) is 4.52. The smallest absolute Gasteiger partial charge is 0.438 e. The number of fused-ring (bicyclic) bond motifs is 1. The number of pyridine rings is 1. The fraction of sp³-hybridized carbons (Fsp3) is 0.435. The van der Waals surface area contributed by atoms with E-state index in [9.17, 15) is 13.2 Å². The van der Waals surface area contributed by atoms with Crippen LogP contribution in [0, 0.1) is 0 Å². The van der Waals surface area contributed by atoms with Crippen molar-refractivity contribution < 1.29 is 17.9 Å². The number of nitrogens with one attached hydrogen (secondary N) is 1. The summed E-state index contributed by atoms with van der Waals surface area (Å²) in [7, 11) is 1.85. The molecule has 9 nitrogen and oxygen atoms in total. The van der Waals surface area contributed by atoms with Crippen molar-refractivity contribution in [2.24, 2.45) is 7.05 Å². The summed E-state index contributed by atoms with van der Waals surface area (Å²) in [5.74, 6) is 0.298. The molecule has 0 atom stereocenters. The van der Waals surface area contributed by atoms with Crippen molar-refractivity contribution in [2.45, 2.75) is 50.9 Å². The molecule has 5 rings (SSSR count). The third kappa shape index (κ3) is 4.64. The van der Waals surface area contributed by atoms with Gasteiger partial charge in [-0.25, -0.2) is 15.0 Å². The lowest BCUT2D eigenvalue weighted by molar-refractivity contribution is -0.143. The highest BCUT2D eigenvalue weighted by atomic mass is 19.4. The van der Waals surface area contributed by atoms with Crippen LogP contribution in [-0.2, 0) is 13.2 Å². The van der Waals surface area contributed by atoms with E-state index in [2.05, 4.69) is 25.4 Å². The Balaban J connectivity index is 1.39. The van der Waals surface area contributed by atoms with Crippen molar-refractivity contribution in [3.8, 4) is 17.1 Å². The third-order valence-corrected chi connectivity index (χ3v) is 6.13. The standard InChI is InChI=1S/C23H25F3N8O/c1-3-27-19-10-18-17(12-30-19)20(14-11-31-33(2)13-14)32-34(18)15-4-6-16(7-5-15)35-22-21(23(24,25)26)28-8-9-29-22/h8-13,15-16H,3-7H2,1-2H3,(H,27,30)/t15-,16+. The first-order valence-corrected chi connectivity index (χ1v) is 11.5. The van der Waals surface area contributed by atoms with Gasteiger partial charge in [-0.1, -0.05) is 0 Å². The molecule has 0 amide bonds. The van der Waals surface area contributed by atoms with Crippen LogP contribution < -0.4 is 10.1 Å². The molecular weight excluding hydrogens is 461 g/mol. The van der Waals surface area contributed by atoms with E-state index in [0.717, 1.165) is 40.7 Å². The number of ether oxygens (including phenoxy) is 1. The second-order valence-electron chi connectivity index (χ2n) is 8.57. The molecular formula is C23H25F3N8O. The average molecular weight is 487 g/mol. The maximum absolute atomic E-state index is 13.3. The van der Waals surface area contributed by atoms with Gasteiger partial charge in [-0.3, -0.25) is 9.36 Å². The van der Waals surface area contributed by atoms with E-state index in [1.54, 1.807) is 10.9 Å². The summed E-state index contributed by atoms with van der Waals surface area (Å²) in [5, 5.41) is 13.4. The minimum absolute atomic E-state index is 0.0728. The van der Waals surface area contributed by atoms with Gasteiger partial charge < -0.3 is 10.1 Å². The Morgan fingerprint density at radius 2 is 1.86 bits per heavy atom.